The largest absolute Gasteiger partial charge is 0.368 e. The van der Waals surface area contributed by atoms with Gasteiger partial charge in [0.05, 0.1) is 5.69 Å². The number of nitrogens with two attached hydrogens (primary N) is 1. The molecule has 0 atom stereocenters. The van der Waals surface area contributed by atoms with Crippen LogP contribution in [-0.2, 0) is 0 Å². The van der Waals surface area contributed by atoms with Gasteiger partial charge in [0.15, 0.2) is 5.65 Å². The topological polar surface area (TPSA) is 56.7 Å². The van der Waals surface area contributed by atoms with E-state index in [1.165, 1.54) is 0 Å². The van der Waals surface area contributed by atoms with Crippen molar-refractivity contribution < 1.29 is 0 Å². The van der Waals surface area contributed by atoms with E-state index in [-0.39, 0.29) is 5.95 Å². The fourth-order valence-corrected chi connectivity index (χ4v) is 2.64. The summed E-state index contributed by atoms with van der Waals surface area (Å²) in [4.78, 5) is 8.86. The quantitative estimate of drug-likeness (QED) is 0.611. The lowest BCUT2D eigenvalue weighted by Crippen LogP contribution is -2.00. The number of hydrogen-bond acceptors (Lipinski definition) is 3. The molecule has 2 aromatic heterocycles. The Labute approximate surface area is 127 Å². The first-order chi connectivity index (χ1) is 10.8. The number of rotatable bonds is 2. The summed E-state index contributed by atoms with van der Waals surface area (Å²) in [5, 5.41) is 0.990. The molecule has 0 bridgehead atoms. The minimum atomic E-state index is 0.280. The van der Waals surface area contributed by atoms with E-state index in [4.69, 9.17) is 5.73 Å². The molecular weight excluding hydrogens is 272 g/mol. The van der Waals surface area contributed by atoms with Crippen LogP contribution in [0.3, 0.4) is 0 Å². The molecule has 2 N–H and O–H groups in total. The fourth-order valence-electron chi connectivity index (χ4n) is 2.64. The van der Waals surface area contributed by atoms with Crippen LogP contribution in [-0.4, -0.2) is 14.5 Å². The minimum absolute atomic E-state index is 0.280. The predicted molar refractivity (Wildman–Crippen MR) is 88.7 cm³/mol. The van der Waals surface area contributed by atoms with Gasteiger partial charge in [-0.15, -0.1) is 0 Å². The number of aromatic nitrogens is 3. The van der Waals surface area contributed by atoms with E-state index >= 15 is 0 Å². The zero-order valence-electron chi connectivity index (χ0n) is 11.8. The first kappa shape index (κ1) is 12.6. The van der Waals surface area contributed by atoms with Gasteiger partial charge in [-0.2, -0.15) is 4.98 Å². The Morgan fingerprint density at radius 3 is 2.18 bits per heavy atom. The molecule has 0 aliphatic carbocycles. The highest BCUT2D eigenvalue weighted by Gasteiger charge is 2.12. The second-order valence-electron chi connectivity index (χ2n) is 5.06. The maximum absolute atomic E-state index is 5.93. The monoisotopic (exact) mass is 286 g/mol. The van der Waals surface area contributed by atoms with E-state index in [0.29, 0.717) is 0 Å². The van der Waals surface area contributed by atoms with Crippen molar-refractivity contribution in [2.75, 3.05) is 5.73 Å². The zero-order chi connectivity index (χ0) is 14.9. The van der Waals surface area contributed by atoms with Gasteiger partial charge in [-0.3, -0.25) is 0 Å². The second kappa shape index (κ2) is 5.00. The van der Waals surface area contributed by atoms with Crippen LogP contribution in [0.15, 0.2) is 72.9 Å². The van der Waals surface area contributed by atoms with Crippen LogP contribution in [0.25, 0.3) is 28.0 Å². The van der Waals surface area contributed by atoms with Crippen molar-refractivity contribution in [3.63, 3.8) is 0 Å². The molecule has 106 valence electrons. The summed E-state index contributed by atoms with van der Waals surface area (Å²) in [6.07, 6.45) is 2.00. The molecule has 4 nitrogen and oxygen atoms in total. The van der Waals surface area contributed by atoms with Crippen LogP contribution < -0.4 is 5.73 Å². The van der Waals surface area contributed by atoms with Gasteiger partial charge in [0, 0.05) is 22.8 Å². The van der Waals surface area contributed by atoms with Crippen molar-refractivity contribution in [3.8, 4) is 16.9 Å². The summed E-state index contributed by atoms with van der Waals surface area (Å²) < 4.78 is 2.03. The Hall–Kier alpha value is -3.14. The Balaban J connectivity index is 2.00. The van der Waals surface area contributed by atoms with Gasteiger partial charge in [0.2, 0.25) is 5.95 Å². The second-order valence-corrected chi connectivity index (χ2v) is 5.06. The van der Waals surface area contributed by atoms with Crippen molar-refractivity contribution in [2.24, 2.45) is 0 Å². The molecule has 0 saturated carbocycles. The highest BCUT2D eigenvalue weighted by molar-refractivity contribution is 5.92. The molecule has 2 aromatic carbocycles. The van der Waals surface area contributed by atoms with Crippen molar-refractivity contribution in [1.29, 1.82) is 0 Å². The van der Waals surface area contributed by atoms with E-state index in [1.54, 1.807) is 0 Å². The Morgan fingerprint density at radius 2 is 1.45 bits per heavy atom. The van der Waals surface area contributed by atoms with Gasteiger partial charge in [0.1, 0.15) is 0 Å². The van der Waals surface area contributed by atoms with Gasteiger partial charge in [-0.1, -0.05) is 48.5 Å². The number of anilines is 1. The maximum Gasteiger partial charge on any atom is 0.222 e. The summed E-state index contributed by atoms with van der Waals surface area (Å²) >= 11 is 0. The van der Waals surface area contributed by atoms with Gasteiger partial charge >= 0.3 is 0 Å². The fraction of sp³-hybridized carbons (Fsp3) is 0. The number of para-hydroxylation sites is 1. The molecule has 4 rings (SSSR count). The van der Waals surface area contributed by atoms with Crippen molar-refractivity contribution in [3.05, 3.63) is 72.9 Å². The molecule has 0 fully saturated rings. The molecule has 0 amide bonds. The van der Waals surface area contributed by atoms with Crippen LogP contribution in [0.4, 0.5) is 5.95 Å². The van der Waals surface area contributed by atoms with E-state index in [0.717, 1.165) is 28.0 Å². The standard InChI is InChI=1S/C18H14N4/c19-18-20-16(13-7-3-1-4-8-13)15-11-12-22(17(15)21-18)14-9-5-2-6-10-14/h1-12H,(H2,19,20,21). The molecule has 0 spiro atoms. The molecule has 0 aliphatic rings. The molecular formula is C18H14N4. The number of hydrogen-bond donors (Lipinski definition) is 1. The highest BCUT2D eigenvalue weighted by atomic mass is 15.1. The first-order valence-electron chi connectivity index (χ1n) is 7.08. The molecule has 0 unspecified atom stereocenters. The summed E-state index contributed by atoms with van der Waals surface area (Å²) in [5.41, 5.74) is 9.69. The van der Waals surface area contributed by atoms with Crippen molar-refractivity contribution in [2.45, 2.75) is 0 Å². The smallest absolute Gasteiger partial charge is 0.222 e. The van der Waals surface area contributed by atoms with Crippen LogP contribution in [0.2, 0.25) is 0 Å². The lowest BCUT2D eigenvalue weighted by Gasteiger charge is -2.07. The minimum Gasteiger partial charge on any atom is -0.368 e. The van der Waals surface area contributed by atoms with E-state index in [1.807, 2.05) is 77.5 Å². The summed E-state index contributed by atoms with van der Waals surface area (Å²) in [6, 6.07) is 22.1. The molecule has 0 saturated heterocycles. The molecule has 22 heavy (non-hydrogen) atoms. The Kier molecular flexibility index (Phi) is 2.86. The van der Waals surface area contributed by atoms with E-state index in [2.05, 4.69) is 9.97 Å². The lowest BCUT2D eigenvalue weighted by molar-refractivity contribution is 1.08. The number of benzene rings is 2. The Morgan fingerprint density at radius 1 is 0.773 bits per heavy atom. The third kappa shape index (κ3) is 2.02. The third-order valence-corrected chi connectivity index (χ3v) is 3.64. The number of fused-ring (bicyclic) bond motifs is 1. The van der Waals surface area contributed by atoms with Gasteiger partial charge in [-0.25, -0.2) is 4.98 Å². The maximum atomic E-state index is 5.93. The normalized spacial score (nSPS) is 10.9. The average molecular weight is 286 g/mol. The number of nitrogens with zero attached hydrogens (tertiary/aromatic N) is 3. The van der Waals surface area contributed by atoms with Gasteiger partial charge < -0.3 is 10.3 Å². The summed E-state index contributed by atoms with van der Waals surface area (Å²) in [6.45, 7) is 0. The number of nitrogen functional groups attached to an aromatic ring is 1. The Bertz CT molecular complexity index is 927. The van der Waals surface area contributed by atoms with E-state index < -0.39 is 0 Å². The molecule has 4 aromatic rings. The zero-order valence-corrected chi connectivity index (χ0v) is 11.8. The van der Waals surface area contributed by atoms with Crippen LogP contribution in [0, 0.1) is 0 Å². The van der Waals surface area contributed by atoms with E-state index in [9.17, 15) is 0 Å². The van der Waals surface area contributed by atoms with Crippen molar-refractivity contribution >= 4 is 17.0 Å². The van der Waals surface area contributed by atoms with Crippen LogP contribution in [0.5, 0.6) is 0 Å². The highest BCUT2D eigenvalue weighted by Crippen LogP contribution is 2.28. The average Bonchev–Trinajstić information content (AvgIpc) is 2.99. The molecule has 4 heteroatoms. The predicted octanol–water partition coefficient (Wildman–Crippen LogP) is 3.67. The molecule has 0 aliphatic heterocycles. The molecule has 0 radical (unpaired) electrons. The van der Waals surface area contributed by atoms with Gasteiger partial charge in [-0.05, 0) is 18.2 Å². The summed E-state index contributed by atoms with van der Waals surface area (Å²) in [7, 11) is 0. The SMILES string of the molecule is Nc1nc(-c2ccccc2)c2ccn(-c3ccccc3)c2n1. The molecule has 2 heterocycles. The first-order valence-corrected chi connectivity index (χ1v) is 7.08. The van der Waals surface area contributed by atoms with Gasteiger partial charge in [0.25, 0.3) is 0 Å². The van der Waals surface area contributed by atoms with Crippen LogP contribution >= 0.6 is 0 Å². The van der Waals surface area contributed by atoms with Crippen LogP contribution in [0.1, 0.15) is 0 Å². The lowest BCUT2D eigenvalue weighted by atomic mass is 10.1. The summed E-state index contributed by atoms with van der Waals surface area (Å²) in [5.74, 6) is 0.280. The van der Waals surface area contributed by atoms with Crippen molar-refractivity contribution in [1.82, 2.24) is 14.5 Å². The third-order valence-electron chi connectivity index (χ3n) is 3.64.